The number of hydrogen-bond acceptors (Lipinski definition) is 2. The molecule has 2 nitrogen and oxygen atoms in total. The maximum absolute atomic E-state index is 4.91. The second-order valence-corrected chi connectivity index (χ2v) is 16.0. The Labute approximate surface area is 249 Å². The van der Waals surface area contributed by atoms with Gasteiger partial charge in [0.05, 0.1) is 10.9 Å². The minimum absolute atomic E-state index is 0.0746. The number of hydrogen-bond donors (Lipinski definition) is 0. The van der Waals surface area contributed by atoms with Crippen molar-refractivity contribution in [2.75, 3.05) is 6.16 Å². The molecule has 0 saturated heterocycles. The van der Waals surface area contributed by atoms with Gasteiger partial charge in [0.15, 0.2) is 0 Å². The lowest BCUT2D eigenvalue weighted by molar-refractivity contribution is -0.0520. The minimum atomic E-state index is -0.733. The van der Waals surface area contributed by atoms with Gasteiger partial charge in [0.2, 0.25) is 0 Å². The molecule has 0 N–H and O–H groups in total. The average molecular weight is 577 g/mol. The fraction of sp³-hybridized carbons (Fsp3) is 0.405. The monoisotopic (exact) mass is 576 g/mol. The molecule has 2 aromatic carbocycles. The second-order valence-electron chi connectivity index (χ2n) is 13.4. The van der Waals surface area contributed by atoms with Gasteiger partial charge in [-0.05, 0) is 114 Å². The van der Waals surface area contributed by atoms with Gasteiger partial charge in [0.1, 0.15) is 0 Å². The standard InChI is InChI=1S/C37H42N2P2/c1-36(2,30-10-4-3-5-11-30)31-14-15-32(37-22-26-18-27(23-37)20-28(19-26)33(37)24-40)29(21-31)25-41(34-12-6-8-16-38-34)35-13-7-9-17-39-35/h3-17,21,26-28,33H,18-20,22-25,40H2,1-2H3. The molecular formula is C37H42N2P2. The van der Waals surface area contributed by atoms with Gasteiger partial charge in [0, 0.05) is 31.9 Å². The van der Waals surface area contributed by atoms with E-state index in [1.165, 1.54) is 60.3 Å². The predicted octanol–water partition coefficient (Wildman–Crippen LogP) is 8.00. The van der Waals surface area contributed by atoms with Crippen LogP contribution in [0.4, 0.5) is 0 Å². The average Bonchev–Trinajstić information content (AvgIpc) is 3.00. The maximum Gasteiger partial charge on any atom is 0.0695 e. The quantitative estimate of drug-likeness (QED) is 0.199. The molecule has 0 amide bonds. The highest BCUT2D eigenvalue weighted by atomic mass is 31.1. The fourth-order valence-electron chi connectivity index (χ4n) is 9.08. The van der Waals surface area contributed by atoms with Gasteiger partial charge >= 0.3 is 0 Å². The molecule has 4 bridgehead atoms. The van der Waals surface area contributed by atoms with Gasteiger partial charge in [-0.25, -0.2) is 0 Å². The van der Waals surface area contributed by atoms with E-state index >= 15 is 0 Å². The van der Waals surface area contributed by atoms with Crippen molar-refractivity contribution in [1.82, 2.24) is 9.97 Å². The van der Waals surface area contributed by atoms with Crippen LogP contribution in [-0.4, -0.2) is 16.1 Å². The van der Waals surface area contributed by atoms with Crippen LogP contribution in [0, 0.1) is 23.7 Å². The van der Waals surface area contributed by atoms with E-state index in [1.54, 1.807) is 11.1 Å². The highest BCUT2D eigenvalue weighted by molar-refractivity contribution is 7.71. The van der Waals surface area contributed by atoms with Crippen LogP contribution in [0.2, 0.25) is 0 Å². The Morgan fingerprint density at radius 3 is 2.00 bits per heavy atom. The molecule has 4 aliphatic carbocycles. The van der Waals surface area contributed by atoms with E-state index in [4.69, 9.17) is 9.97 Å². The highest BCUT2D eigenvalue weighted by Crippen LogP contribution is 2.64. The number of pyridine rings is 2. The van der Waals surface area contributed by atoms with E-state index in [9.17, 15) is 0 Å². The Kier molecular flexibility index (Phi) is 7.38. The SMILES string of the molecule is CC(C)(c1ccccc1)c1ccc(C23CC4CC(CC(C4)C2CP)C3)c(CP(c2ccccn2)c2ccccn2)c1. The highest BCUT2D eigenvalue weighted by Gasteiger charge is 2.57. The molecule has 4 heteroatoms. The summed E-state index contributed by atoms with van der Waals surface area (Å²) in [5.74, 6) is 3.46. The van der Waals surface area contributed by atoms with Gasteiger partial charge in [-0.15, -0.1) is 9.24 Å². The molecule has 4 fully saturated rings. The minimum Gasteiger partial charge on any atom is -0.256 e. The van der Waals surface area contributed by atoms with Crippen molar-refractivity contribution in [3.8, 4) is 0 Å². The first-order valence-corrected chi connectivity index (χ1v) is 17.8. The summed E-state index contributed by atoms with van der Waals surface area (Å²) in [6.07, 6.45) is 13.2. The van der Waals surface area contributed by atoms with E-state index in [2.05, 4.69) is 95.9 Å². The molecular weight excluding hydrogens is 534 g/mol. The first-order valence-electron chi connectivity index (χ1n) is 15.5. The van der Waals surface area contributed by atoms with Crippen molar-refractivity contribution in [3.05, 3.63) is 120 Å². The Morgan fingerprint density at radius 2 is 1.41 bits per heavy atom. The molecule has 0 spiro atoms. The molecule has 2 heterocycles. The molecule has 4 unspecified atom stereocenters. The molecule has 41 heavy (non-hydrogen) atoms. The zero-order valence-corrected chi connectivity index (χ0v) is 26.5. The van der Waals surface area contributed by atoms with Crippen LogP contribution >= 0.6 is 17.2 Å². The van der Waals surface area contributed by atoms with Gasteiger partial charge in [-0.3, -0.25) is 9.97 Å². The molecule has 4 aliphatic rings. The largest absolute Gasteiger partial charge is 0.256 e. The summed E-state index contributed by atoms with van der Waals surface area (Å²) in [5, 5.41) is 0. The zero-order valence-electron chi connectivity index (χ0n) is 24.4. The van der Waals surface area contributed by atoms with E-state index in [0.717, 1.165) is 29.8 Å². The van der Waals surface area contributed by atoms with Crippen molar-refractivity contribution in [1.29, 1.82) is 0 Å². The number of aromatic nitrogens is 2. The van der Waals surface area contributed by atoms with Crippen molar-refractivity contribution in [2.24, 2.45) is 23.7 Å². The second kappa shape index (κ2) is 11.0. The van der Waals surface area contributed by atoms with E-state index in [1.807, 2.05) is 24.5 Å². The summed E-state index contributed by atoms with van der Waals surface area (Å²) in [5.41, 5.74) is 8.54. The number of rotatable bonds is 8. The van der Waals surface area contributed by atoms with Gasteiger partial charge in [-0.1, -0.05) is 74.5 Å². The summed E-state index contributed by atoms with van der Waals surface area (Å²) in [6, 6.07) is 31.5. The third kappa shape index (κ3) is 4.90. The third-order valence-electron chi connectivity index (χ3n) is 10.8. The third-order valence-corrected chi connectivity index (χ3v) is 13.6. The summed E-state index contributed by atoms with van der Waals surface area (Å²) >= 11 is 0. The van der Waals surface area contributed by atoms with Gasteiger partial charge in [0.25, 0.3) is 0 Å². The van der Waals surface area contributed by atoms with Crippen molar-refractivity contribution < 1.29 is 0 Å². The van der Waals surface area contributed by atoms with Crippen LogP contribution in [0.5, 0.6) is 0 Å². The summed E-state index contributed by atoms with van der Waals surface area (Å²) in [4.78, 5) is 9.82. The zero-order chi connectivity index (χ0) is 28.0. The first-order chi connectivity index (χ1) is 20.0. The Bertz CT molecular complexity index is 1430. The van der Waals surface area contributed by atoms with E-state index in [-0.39, 0.29) is 5.41 Å². The van der Waals surface area contributed by atoms with Gasteiger partial charge in [-0.2, -0.15) is 0 Å². The maximum atomic E-state index is 4.91. The summed E-state index contributed by atoms with van der Waals surface area (Å²) in [6.45, 7) is 4.77. The van der Waals surface area contributed by atoms with Crippen molar-refractivity contribution in [3.63, 3.8) is 0 Å². The molecule has 4 saturated carbocycles. The molecule has 2 aromatic heterocycles. The fourth-order valence-corrected chi connectivity index (χ4v) is 12.0. The molecule has 0 aliphatic heterocycles. The van der Waals surface area contributed by atoms with Crippen molar-refractivity contribution >= 4 is 28.0 Å². The van der Waals surface area contributed by atoms with Crippen LogP contribution in [0.1, 0.15) is 68.2 Å². The molecule has 0 radical (unpaired) electrons. The smallest absolute Gasteiger partial charge is 0.0695 e. The molecule has 210 valence electrons. The van der Waals surface area contributed by atoms with Crippen molar-refractivity contribution in [2.45, 2.75) is 62.9 Å². The van der Waals surface area contributed by atoms with Crippen LogP contribution in [0.15, 0.2) is 97.3 Å². The van der Waals surface area contributed by atoms with Crippen LogP contribution in [0.25, 0.3) is 0 Å². The Hall–Kier alpha value is -2.40. The van der Waals surface area contributed by atoms with Crippen LogP contribution in [0.3, 0.4) is 0 Å². The predicted molar refractivity (Wildman–Crippen MR) is 177 cm³/mol. The summed E-state index contributed by atoms with van der Waals surface area (Å²) in [7, 11) is 2.44. The first kappa shape index (κ1) is 27.4. The lowest BCUT2D eigenvalue weighted by Gasteiger charge is -2.62. The van der Waals surface area contributed by atoms with Crippen LogP contribution < -0.4 is 10.9 Å². The lowest BCUT2D eigenvalue weighted by atomic mass is 9.43. The topological polar surface area (TPSA) is 25.8 Å². The molecule has 4 aromatic rings. The summed E-state index contributed by atoms with van der Waals surface area (Å²) < 4.78 is 0. The number of benzene rings is 2. The Morgan fingerprint density at radius 1 is 0.780 bits per heavy atom. The normalized spacial score (nSPS) is 26.9. The Balaban J connectivity index is 1.39. The van der Waals surface area contributed by atoms with E-state index in [0.29, 0.717) is 5.41 Å². The number of nitrogens with zero attached hydrogens (tertiary/aromatic N) is 2. The molecule has 4 atom stereocenters. The lowest BCUT2D eigenvalue weighted by Crippen LogP contribution is -2.56. The molecule has 8 rings (SSSR count). The van der Waals surface area contributed by atoms with Gasteiger partial charge < -0.3 is 0 Å². The van der Waals surface area contributed by atoms with Crippen LogP contribution in [-0.2, 0) is 17.0 Å². The van der Waals surface area contributed by atoms with E-state index < -0.39 is 7.92 Å².